The highest BCUT2D eigenvalue weighted by molar-refractivity contribution is 7.81. The lowest BCUT2D eigenvalue weighted by Gasteiger charge is -2.19. The maximum absolute atomic E-state index is 12.1. The molecule has 1 saturated heterocycles. The van der Waals surface area contributed by atoms with Gasteiger partial charge in [-0.15, -0.1) is 0 Å². The third-order valence-electron chi connectivity index (χ3n) is 3.59. The van der Waals surface area contributed by atoms with E-state index in [9.17, 15) is 9.90 Å². The molecule has 5 heteroatoms. The van der Waals surface area contributed by atoms with Crippen molar-refractivity contribution in [1.29, 1.82) is 0 Å². The Morgan fingerprint density at radius 3 is 2.85 bits per heavy atom. The predicted molar refractivity (Wildman–Crippen MR) is 83.2 cm³/mol. The molecular formula is C15H22N2O2S. The molecule has 4 nitrogen and oxygen atoms in total. The van der Waals surface area contributed by atoms with Crippen molar-refractivity contribution in [2.24, 2.45) is 0 Å². The van der Waals surface area contributed by atoms with Crippen LogP contribution in [-0.2, 0) is 11.2 Å². The van der Waals surface area contributed by atoms with Crippen molar-refractivity contribution in [2.75, 3.05) is 13.1 Å². The molecule has 0 saturated carbocycles. The van der Waals surface area contributed by atoms with Gasteiger partial charge in [0.15, 0.2) is 0 Å². The SMILES string of the molecule is O=C(N[C@H]1CCCNCC1)[C@@H](S)Cc1ccc(O)cc1. The number of nitrogens with one attached hydrogen (secondary N) is 2. The summed E-state index contributed by atoms with van der Waals surface area (Å²) < 4.78 is 0. The molecule has 0 unspecified atom stereocenters. The van der Waals surface area contributed by atoms with Gasteiger partial charge in [0.25, 0.3) is 0 Å². The van der Waals surface area contributed by atoms with E-state index < -0.39 is 0 Å². The first-order valence-corrected chi connectivity index (χ1v) is 7.64. The van der Waals surface area contributed by atoms with Crippen LogP contribution in [0.25, 0.3) is 0 Å². The topological polar surface area (TPSA) is 61.4 Å². The second kappa shape index (κ2) is 7.55. The lowest BCUT2D eigenvalue weighted by atomic mass is 10.1. The van der Waals surface area contributed by atoms with E-state index in [-0.39, 0.29) is 22.9 Å². The average molecular weight is 294 g/mol. The van der Waals surface area contributed by atoms with Gasteiger partial charge >= 0.3 is 0 Å². The third-order valence-corrected chi connectivity index (χ3v) is 4.01. The summed E-state index contributed by atoms with van der Waals surface area (Å²) in [5.41, 5.74) is 1.00. The Bertz CT molecular complexity index is 428. The normalized spacial score (nSPS) is 20.9. The minimum Gasteiger partial charge on any atom is -0.508 e. The molecule has 1 amide bonds. The zero-order chi connectivity index (χ0) is 14.4. The molecule has 20 heavy (non-hydrogen) atoms. The highest BCUT2D eigenvalue weighted by atomic mass is 32.1. The van der Waals surface area contributed by atoms with E-state index in [1.165, 1.54) is 0 Å². The Kier molecular flexibility index (Phi) is 5.73. The minimum atomic E-state index is -0.351. The maximum Gasteiger partial charge on any atom is 0.233 e. The van der Waals surface area contributed by atoms with Gasteiger partial charge in [0, 0.05) is 6.04 Å². The summed E-state index contributed by atoms with van der Waals surface area (Å²) in [6.45, 7) is 1.99. The number of hydrogen-bond acceptors (Lipinski definition) is 4. The van der Waals surface area contributed by atoms with Crippen LogP contribution in [0.15, 0.2) is 24.3 Å². The number of hydrogen-bond donors (Lipinski definition) is 4. The fraction of sp³-hybridized carbons (Fsp3) is 0.533. The summed E-state index contributed by atoms with van der Waals surface area (Å²) >= 11 is 4.40. The molecule has 0 spiro atoms. The first-order valence-electron chi connectivity index (χ1n) is 7.12. The first kappa shape index (κ1) is 15.2. The summed E-state index contributed by atoms with van der Waals surface area (Å²) in [6, 6.07) is 7.16. The first-order chi connectivity index (χ1) is 9.65. The average Bonchev–Trinajstić information content (AvgIpc) is 2.70. The number of aromatic hydroxyl groups is 1. The summed E-state index contributed by atoms with van der Waals surface area (Å²) in [6.07, 6.45) is 3.67. The number of phenols is 1. The minimum absolute atomic E-state index is 0.00620. The van der Waals surface area contributed by atoms with E-state index in [4.69, 9.17) is 0 Å². The Balaban J connectivity index is 1.83. The van der Waals surface area contributed by atoms with E-state index in [1.54, 1.807) is 12.1 Å². The van der Waals surface area contributed by atoms with Gasteiger partial charge in [0.2, 0.25) is 5.91 Å². The molecule has 2 atom stereocenters. The van der Waals surface area contributed by atoms with Crippen molar-refractivity contribution in [3.05, 3.63) is 29.8 Å². The van der Waals surface area contributed by atoms with E-state index >= 15 is 0 Å². The van der Waals surface area contributed by atoms with Gasteiger partial charge in [-0.1, -0.05) is 12.1 Å². The Labute approximate surface area is 125 Å². The molecule has 1 aliphatic rings. The number of carbonyl (C=O) groups is 1. The molecule has 0 aliphatic carbocycles. The summed E-state index contributed by atoms with van der Waals surface area (Å²) in [5, 5.41) is 15.3. The van der Waals surface area contributed by atoms with Gasteiger partial charge in [0.05, 0.1) is 5.25 Å². The van der Waals surface area contributed by atoms with Crippen molar-refractivity contribution < 1.29 is 9.90 Å². The summed E-state index contributed by atoms with van der Waals surface area (Å²) in [4.78, 5) is 12.1. The summed E-state index contributed by atoms with van der Waals surface area (Å²) in [5.74, 6) is 0.230. The van der Waals surface area contributed by atoms with Gasteiger partial charge in [-0.05, 0) is 56.5 Å². The van der Waals surface area contributed by atoms with Crippen LogP contribution in [-0.4, -0.2) is 35.4 Å². The predicted octanol–water partition coefficient (Wildman–Crippen LogP) is 1.49. The van der Waals surface area contributed by atoms with E-state index in [0.29, 0.717) is 6.42 Å². The molecule has 1 aromatic rings. The Hall–Kier alpha value is -1.20. The molecule has 1 aliphatic heterocycles. The van der Waals surface area contributed by atoms with E-state index in [0.717, 1.165) is 37.9 Å². The molecule has 110 valence electrons. The fourth-order valence-electron chi connectivity index (χ4n) is 2.41. The van der Waals surface area contributed by atoms with Crippen molar-refractivity contribution in [2.45, 2.75) is 37.0 Å². The second-order valence-electron chi connectivity index (χ2n) is 5.27. The smallest absolute Gasteiger partial charge is 0.233 e. The maximum atomic E-state index is 12.1. The molecule has 1 aromatic carbocycles. The number of thiol groups is 1. The van der Waals surface area contributed by atoms with Crippen LogP contribution >= 0.6 is 12.6 Å². The zero-order valence-corrected chi connectivity index (χ0v) is 12.4. The molecule has 1 heterocycles. The van der Waals surface area contributed by atoms with Crippen LogP contribution < -0.4 is 10.6 Å². The molecule has 0 bridgehead atoms. The number of amides is 1. The lowest BCUT2D eigenvalue weighted by Crippen LogP contribution is -2.40. The third kappa shape index (κ3) is 4.72. The van der Waals surface area contributed by atoms with Crippen LogP contribution in [0.4, 0.5) is 0 Å². The van der Waals surface area contributed by atoms with Crippen molar-refractivity contribution in [1.82, 2.24) is 10.6 Å². The van der Waals surface area contributed by atoms with Crippen molar-refractivity contribution >= 4 is 18.5 Å². The lowest BCUT2D eigenvalue weighted by molar-refractivity contribution is -0.121. The number of phenolic OH excluding ortho intramolecular Hbond substituents is 1. The Morgan fingerprint density at radius 1 is 1.35 bits per heavy atom. The Morgan fingerprint density at radius 2 is 2.10 bits per heavy atom. The standard InChI is InChI=1S/C15H22N2O2S/c18-13-5-3-11(4-6-13)10-14(20)15(19)17-12-2-1-8-16-9-7-12/h3-6,12,14,16,18,20H,1-2,7-10H2,(H,17,19)/t12-,14-/m0/s1. The van der Waals surface area contributed by atoms with Gasteiger partial charge in [0.1, 0.15) is 5.75 Å². The van der Waals surface area contributed by atoms with Gasteiger partial charge in [-0.2, -0.15) is 12.6 Å². The molecule has 2 rings (SSSR count). The molecule has 3 N–H and O–H groups in total. The fourth-order valence-corrected chi connectivity index (χ4v) is 2.69. The largest absolute Gasteiger partial charge is 0.508 e. The molecule has 0 radical (unpaired) electrons. The van der Waals surface area contributed by atoms with E-state index in [2.05, 4.69) is 23.3 Å². The highest BCUT2D eigenvalue weighted by Gasteiger charge is 2.19. The van der Waals surface area contributed by atoms with Gasteiger partial charge < -0.3 is 15.7 Å². The van der Waals surface area contributed by atoms with Crippen LogP contribution in [0.1, 0.15) is 24.8 Å². The van der Waals surface area contributed by atoms with Gasteiger partial charge in [-0.25, -0.2) is 0 Å². The zero-order valence-electron chi connectivity index (χ0n) is 11.5. The quantitative estimate of drug-likeness (QED) is 0.636. The molecular weight excluding hydrogens is 272 g/mol. The molecule has 1 fully saturated rings. The van der Waals surface area contributed by atoms with Crippen LogP contribution in [0.3, 0.4) is 0 Å². The van der Waals surface area contributed by atoms with Crippen LogP contribution in [0, 0.1) is 0 Å². The number of benzene rings is 1. The van der Waals surface area contributed by atoms with Gasteiger partial charge in [-0.3, -0.25) is 4.79 Å². The summed E-state index contributed by atoms with van der Waals surface area (Å²) in [7, 11) is 0. The molecule has 0 aromatic heterocycles. The van der Waals surface area contributed by atoms with E-state index in [1.807, 2.05) is 12.1 Å². The van der Waals surface area contributed by atoms with Crippen molar-refractivity contribution in [3.63, 3.8) is 0 Å². The number of carbonyl (C=O) groups excluding carboxylic acids is 1. The monoisotopic (exact) mass is 294 g/mol. The van der Waals surface area contributed by atoms with Crippen LogP contribution in [0.5, 0.6) is 5.75 Å². The second-order valence-corrected chi connectivity index (χ2v) is 5.90. The van der Waals surface area contributed by atoms with Crippen LogP contribution in [0.2, 0.25) is 0 Å². The highest BCUT2D eigenvalue weighted by Crippen LogP contribution is 2.14. The number of rotatable bonds is 4. The van der Waals surface area contributed by atoms with Crippen molar-refractivity contribution in [3.8, 4) is 5.75 Å².